The lowest BCUT2D eigenvalue weighted by molar-refractivity contribution is 0.0240. The van der Waals surface area contributed by atoms with Crippen LogP contribution in [-0.2, 0) is 4.74 Å². The van der Waals surface area contributed by atoms with Gasteiger partial charge in [-0.15, -0.1) is 0 Å². The lowest BCUT2D eigenvalue weighted by atomic mass is 10.1. The molecule has 0 atom stereocenters. The summed E-state index contributed by atoms with van der Waals surface area (Å²) in [7, 11) is 0. The summed E-state index contributed by atoms with van der Waals surface area (Å²) in [5, 5.41) is 0. The smallest absolute Gasteiger partial charge is 0.410 e. The Balaban J connectivity index is 1.60. The van der Waals surface area contributed by atoms with Crippen molar-refractivity contribution in [2.45, 2.75) is 46.1 Å². The highest BCUT2D eigenvalue weighted by Crippen LogP contribution is 2.28. The van der Waals surface area contributed by atoms with Gasteiger partial charge >= 0.3 is 6.09 Å². The van der Waals surface area contributed by atoms with Gasteiger partial charge in [-0.2, -0.15) is 0 Å². The molecule has 2 saturated heterocycles. The van der Waals surface area contributed by atoms with E-state index in [1.54, 1.807) is 0 Å². The molecule has 1 aromatic carbocycles. The van der Waals surface area contributed by atoms with Crippen LogP contribution in [0.1, 0.15) is 39.2 Å². The van der Waals surface area contributed by atoms with Gasteiger partial charge in [-0.25, -0.2) is 4.79 Å². The first-order chi connectivity index (χ1) is 11.8. The Labute approximate surface area is 151 Å². The Bertz CT molecular complexity index is 610. The van der Waals surface area contributed by atoms with Crippen molar-refractivity contribution in [3.63, 3.8) is 0 Å². The highest BCUT2D eigenvalue weighted by Gasteiger charge is 2.26. The fourth-order valence-corrected chi connectivity index (χ4v) is 3.62. The Morgan fingerprint density at radius 1 is 0.960 bits per heavy atom. The summed E-state index contributed by atoms with van der Waals surface area (Å²) in [5.41, 5.74) is 3.50. The van der Waals surface area contributed by atoms with Crippen molar-refractivity contribution in [2.75, 3.05) is 49.1 Å². The summed E-state index contributed by atoms with van der Waals surface area (Å²) in [6.45, 7) is 13.4. The molecular weight excluding hydrogens is 314 g/mol. The predicted octanol–water partition coefficient (Wildman–Crippen LogP) is 3.65. The largest absolute Gasteiger partial charge is 0.444 e. The molecule has 0 N–H and O–H groups in total. The summed E-state index contributed by atoms with van der Waals surface area (Å²) >= 11 is 0. The number of piperazine rings is 1. The molecule has 5 heteroatoms. The second-order valence-electron chi connectivity index (χ2n) is 8.12. The molecule has 2 fully saturated rings. The minimum absolute atomic E-state index is 0.201. The van der Waals surface area contributed by atoms with E-state index in [0.717, 1.165) is 13.1 Å². The minimum Gasteiger partial charge on any atom is -0.444 e. The monoisotopic (exact) mass is 345 g/mol. The first kappa shape index (κ1) is 17.9. The van der Waals surface area contributed by atoms with E-state index in [4.69, 9.17) is 4.74 Å². The molecule has 0 radical (unpaired) electrons. The fourth-order valence-electron chi connectivity index (χ4n) is 3.62. The zero-order valence-corrected chi connectivity index (χ0v) is 16.0. The first-order valence-corrected chi connectivity index (χ1v) is 9.42. The van der Waals surface area contributed by atoms with Gasteiger partial charge in [0.15, 0.2) is 0 Å². The minimum atomic E-state index is -0.434. The lowest BCUT2D eigenvalue weighted by Crippen LogP contribution is -2.50. The topological polar surface area (TPSA) is 36.0 Å². The molecule has 0 spiro atoms. The summed E-state index contributed by atoms with van der Waals surface area (Å²) < 4.78 is 5.48. The van der Waals surface area contributed by atoms with Crippen LogP contribution in [0.15, 0.2) is 18.2 Å². The number of amides is 1. The Hall–Kier alpha value is -1.91. The van der Waals surface area contributed by atoms with Crippen molar-refractivity contribution in [2.24, 2.45) is 0 Å². The first-order valence-electron chi connectivity index (χ1n) is 9.42. The maximum Gasteiger partial charge on any atom is 0.410 e. The van der Waals surface area contributed by atoms with Crippen molar-refractivity contribution in [1.82, 2.24) is 4.90 Å². The third-order valence-electron chi connectivity index (χ3n) is 4.92. The number of hydrogen-bond donors (Lipinski definition) is 0. The van der Waals surface area contributed by atoms with E-state index in [0.29, 0.717) is 13.1 Å². The molecule has 0 aliphatic carbocycles. The van der Waals surface area contributed by atoms with Gasteiger partial charge in [-0.3, -0.25) is 0 Å². The van der Waals surface area contributed by atoms with E-state index >= 15 is 0 Å². The second-order valence-corrected chi connectivity index (χ2v) is 8.12. The number of anilines is 2. The third kappa shape index (κ3) is 4.39. The van der Waals surface area contributed by atoms with Gasteiger partial charge in [0.2, 0.25) is 0 Å². The number of hydrogen-bond acceptors (Lipinski definition) is 4. The van der Waals surface area contributed by atoms with Crippen molar-refractivity contribution in [3.05, 3.63) is 23.8 Å². The van der Waals surface area contributed by atoms with Crippen LogP contribution >= 0.6 is 0 Å². The number of aryl methyl sites for hydroxylation is 1. The molecule has 0 saturated carbocycles. The summed E-state index contributed by atoms with van der Waals surface area (Å²) in [4.78, 5) is 18.9. The average Bonchev–Trinajstić information content (AvgIpc) is 3.08. The van der Waals surface area contributed by atoms with Crippen LogP contribution in [0.25, 0.3) is 0 Å². The molecule has 1 aromatic rings. The van der Waals surface area contributed by atoms with Crippen LogP contribution < -0.4 is 9.80 Å². The van der Waals surface area contributed by atoms with Gasteiger partial charge in [-0.05, 0) is 64.3 Å². The number of carbonyl (C=O) groups is 1. The zero-order chi connectivity index (χ0) is 18.0. The van der Waals surface area contributed by atoms with Gasteiger partial charge in [0.1, 0.15) is 5.60 Å². The van der Waals surface area contributed by atoms with Crippen molar-refractivity contribution in [3.8, 4) is 0 Å². The van der Waals surface area contributed by atoms with Crippen LogP contribution in [0.2, 0.25) is 0 Å². The number of rotatable bonds is 2. The number of nitrogens with zero attached hydrogens (tertiary/aromatic N) is 3. The molecule has 0 aromatic heterocycles. The Kier molecular flexibility index (Phi) is 5.11. The maximum absolute atomic E-state index is 12.2. The molecule has 0 bridgehead atoms. The van der Waals surface area contributed by atoms with Crippen LogP contribution in [0, 0.1) is 6.92 Å². The van der Waals surface area contributed by atoms with Gasteiger partial charge in [0.25, 0.3) is 0 Å². The molecule has 2 heterocycles. The predicted molar refractivity (Wildman–Crippen MR) is 103 cm³/mol. The van der Waals surface area contributed by atoms with E-state index in [9.17, 15) is 4.79 Å². The zero-order valence-electron chi connectivity index (χ0n) is 16.0. The van der Waals surface area contributed by atoms with Crippen molar-refractivity contribution < 1.29 is 9.53 Å². The van der Waals surface area contributed by atoms with E-state index in [1.807, 2.05) is 25.7 Å². The Morgan fingerprint density at radius 2 is 1.60 bits per heavy atom. The van der Waals surface area contributed by atoms with E-state index < -0.39 is 5.60 Å². The normalized spacial score (nSPS) is 18.6. The van der Waals surface area contributed by atoms with Crippen molar-refractivity contribution in [1.29, 1.82) is 0 Å². The molecule has 1 amide bonds. The van der Waals surface area contributed by atoms with E-state index in [1.165, 1.54) is 42.9 Å². The Morgan fingerprint density at radius 3 is 2.16 bits per heavy atom. The molecule has 5 nitrogen and oxygen atoms in total. The number of benzene rings is 1. The molecule has 2 aliphatic heterocycles. The molecule has 3 rings (SSSR count). The lowest BCUT2D eigenvalue weighted by Gasteiger charge is -2.37. The summed E-state index contributed by atoms with van der Waals surface area (Å²) in [5.74, 6) is 0. The van der Waals surface area contributed by atoms with Crippen LogP contribution in [0.4, 0.5) is 16.2 Å². The number of ether oxygens (including phenoxy) is 1. The average molecular weight is 345 g/mol. The molecule has 138 valence electrons. The third-order valence-corrected chi connectivity index (χ3v) is 4.92. The van der Waals surface area contributed by atoms with Gasteiger partial charge < -0.3 is 19.4 Å². The van der Waals surface area contributed by atoms with Gasteiger partial charge in [0.05, 0.1) is 0 Å². The quantitative estimate of drug-likeness (QED) is 0.820. The number of carbonyl (C=O) groups excluding carboxylic acids is 1. The second kappa shape index (κ2) is 7.14. The summed E-state index contributed by atoms with van der Waals surface area (Å²) in [6.07, 6.45) is 2.40. The standard InChI is InChI=1S/C20H31N3O2/c1-16-15-17(21-9-5-6-10-21)7-8-18(16)22-11-13-23(14-12-22)19(24)25-20(2,3)4/h7-8,15H,5-6,9-14H2,1-4H3. The fraction of sp³-hybridized carbons (Fsp3) is 0.650. The molecule has 0 unspecified atom stereocenters. The van der Waals surface area contributed by atoms with Crippen LogP contribution in [0.3, 0.4) is 0 Å². The highest BCUT2D eigenvalue weighted by molar-refractivity contribution is 5.69. The van der Waals surface area contributed by atoms with Crippen LogP contribution in [0.5, 0.6) is 0 Å². The molecule has 2 aliphatic rings. The molecular formula is C20H31N3O2. The maximum atomic E-state index is 12.2. The SMILES string of the molecule is Cc1cc(N2CCCC2)ccc1N1CCN(C(=O)OC(C)(C)C)CC1. The summed E-state index contributed by atoms with van der Waals surface area (Å²) in [6, 6.07) is 6.79. The van der Waals surface area contributed by atoms with Gasteiger partial charge in [0, 0.05) is 50.6 Å². The van der Waals surface area contributed by atoms with Gasteiger partial charge in [-0.1, -0.05) is 0 Å². The molecule has 25 heavy (non-hydrogen) atoms. The highest BCUT2D eigenvalue weighted by atomic mass is 16.6. The van der Waals surface area contributed by atoms with Crippen LogP contribution in [-0.4, -0.2) is 55.9 Å². The van der Waals surface area contributed by atoms with Crippen molar-refractivity contribution >= 4 is 17.5 Å². The van der Waals surface area contributed by atoms with E-state index in [-0.39, 0.29) is 6.09 Å². The van der Waals surface area contributed by atoms with E-state index in [2.05, 4.69) is 34.9 Å².